The van der Waals surface area contributed by atoms with Crippen LogP contribution < -0.4 is 0 Å². The molecule has 0 aromatic heterocycles. The van der Waals surface area contributed by atoms with Crippen molar-refractivity contribution in [2.45, 2.75) is 66.2 Å². The Balaban J connectivity index is 4.46. The third kappa shape index (κ3) is 5.54. The molecule has 4 nitrogen and oxygen atoms in total. The number of nitrogens with zero attached hydrogens (tertiary/aromatic N) is 1. The summed E-state index contributed by atoms with van der Waals surface area (Å²) in [6, 6.07) is 0.190. The number of carbonyl (C=O) groups is 1. The van der Waals surface area contributed by atoms with Crippen molar-refractivity contribution < 1.29 is 14.6 Å². The van der Waals surface area contributed by atoms with Crippen molar-refractivity contribution in [3.05, 3.63) is 12.3 Å². The van der Waals surface area contributed by atoms with E-state index in [1.54, 1.807) is 24.8 Å². The highest BCUT2D eigenvalue weighted by molar-refractivity contribution is 5.68. The molecule has 1 amide bonds. The number of ether oxygens (including phenoxy) is 1. The molecule has 0 aromatic rings. The van der Waals surface area contributed by atoms with Crippen LogP contribution >= 0.6 is 0 Å². The molecule has 0 rings (SSSR count). The maximum Gasteiger partial charge on any atom is 0.415 e. The average Bonchev–Trinajstić information content (AvgIpc) is 2.14. The zero-order chi connectivity index (χ0) is 14.5. The second-order valence-electron chi connectivity index (χ2n) is 5.75. The predicted molar refractivity (Wildman–Crippen MR) is 73.2 cm³/mol. The van der Waals surface area contributed by atoms with E-state index in [4.69, 9.17) is 4.74 Å². The molecule has 18 heavy (non-hydrogen) atoms. The summed E-state index contributed by atoms with van der Waals surface area (Å²) in [5, 5.41) is 9.73. The van der Waals surface area contributed by atoms with Crippen molar-refractivity contribution in [3.8, 4) is 0 Å². The van der Waals surface area contributed by atoms with Crippen molar-refractivity contribution in [1.82, 2.24) is 4.90 Å². The van der Waals surface area contributed by atoms with E-state index in [2.05, 4.69) is 0 Å². The van der Waals surface area contributed by atoms with Gasteiger partial charge in [0, 0.05) is 18.0 Å². The Morgan fingerprint density at radius 1 is 1.17 bits per heavy atom. The molecule has 0 aliphatic heterocycles. The monoisotopic (exact) mass is 257 g/mol. The summed E-state index contributed by atoms with van der Waals surface area (Å²) < 4.78 is 5.09. The number of hydrogen-bond donors (Lipinski definition) is 1. The van der Waals surface area contributed by atoms with Crippen LogP contribution in [0.2, 0.25) is 0 Å². The fraction of sp³-hybridized carbons (Fsp3) is 0.786. The van der Waals surface area contributed by atoms with Crippen LogP contribution in [0.4, 0.5) is 4.79 Å². The van der Waals surface area contributed by atoms with E-state index < -0.39 is 5.60 Å². The van der Waals surface area contributed by atoms with Gasteiger partial charge in [0.1, 0.15) is 0 Å². The number of amides is 1. The first-order valence-electron chi connectivity index (χ1n) is 6.45. The molecule has 0 saturated carbocycles. The average molecular weight is 257 g/mol. The van der Waals surface area contributed by atoms with Gasteiger partial charge in [-0.1, -0.05) is 6.92 Å². The third-order valence-corrected chi connectivity index (χ3v) is 2.97. The molecule has 0 aromatic carbocycles. The van der Waals surface area contributed by atoms with Gasteiger partial charge in [-0.15, -0.1) is 0 Å². The van der Waals surface area contributed by atoms with Crippen molar-refractivity contribution in [2.75, 3.05) is 0 Å². The SMILES string of the molecule is CC(C)N(C(=O)O/C=C/[C@H](C)C(C)(C)O)C(C)C. The molecule has 0 aliphatic rings. The van der Waals surface area contributed by atoms with Crippen molar-refractivity contribution in [2.24, 2.45) is 5.92 Å². The highest BCUT2D eigenvalue weighted by Gasteiger charge is 2.22. The number of carbonyl (C=O) groups excluding carboxylic acids is 1. The van der Waals surface area contributed by atoms with Crippen LogP contribution in [0.5, 0.6) is 0 Å². The molecule has 0 spiro atoms. The van der Waals surface area contributed by atoms with E-state index in [1.165, 1.54) is 6.26 Å². The molecule has 0 fully saturated rings. The molecular weight excluding hydrogens is 230 g/mol. The molecule has 0 saturated heterocycles. The Hall–Kier alpha value is -1.03. The fourth-order valence-electron chi connectivity index (χ4n) is 1.53. The molecule has 4 heteroatoms. The summed E-state index contributed by atoms with van der Waals surface area (Å²) in [4.78, 5) is 13.5. The first-order valence-corrected chi connectivity index (χ1v) is 6.45. The molecule has 0 bridgehead atoms. The van der Waals surface area contributed by atoms with E-state index >= 15 is 0 Å². The van der Waals surface area contributed by atoms with Gasteiger partial charge >= 0.3 is 6.09 Å². The Labute approximate surface area is 111 Å². The van der Waals surface area contributed by atoms with Crippen molar-refractivity contribution in [1.29, 1.82) is 0 Å². The number of aliphatic hydroxyl groups is 1. The summed E-state index contributed by atoms with van der Waals surface area (Å²) in [6.45, 7) is 13.1. The van der Waals surface area contributed by atoms with E-state index in [-0.39, 0.29) is 24.1 Å². The van der Waals surface area contributed by atoms with E-state index in [1.807, 2.05) is 34.6 Å². The summed E-state index contributed by atoms with van der Waals surface area (Å²) in [6.07, 6.45) is 2.69. The van der Waals surface area contributed by atoms with E-state index in [0.717, 1.165) is 0 Å². The first kappa shape index (κ1) is 17.0. The third-order valence-electron chi connectivity index (χ3n) is 2.97. The van der Waals surface area contributed by atoms with Crippen LogP contribution in [0.15, 0.2) is 12.3 Å². The summed E-state index contributed by atoms with van der Waals surface area (Å²) in [7, 11) is 0. The maximum atomic E-state index is 11.8. The first-order chi connectivity index (χ1) is 8.07. The van der Waals surface area contributed by atoms with Gasteiger partial charge in [-0.05, 0) is 47.6 Å². The number of hydrogen-bond acceptors (Lipinski definition) is 3. The Bertz CT molecular complexity index is 282. The standard InChI is InChI=1S/C14H27NO3/c1-10(2)15(11(3)4)13(16)18-9-8-12(5)14(6,7)17/h8-12,17H,1-7H3/b9-8+/t12-/m0/s1. The Kier molecular flexibility index (Phi) is 6.39. The van der Waals surface area contributed by atoms with E-state index in [9.17, 15) is 9.90 Å². The topological polar surface area (TPSA) is 49.8 Å². The molecule has 0 heterocycles. The molecule has 106 valence electrons. The van der Waals surface area contributed by atoms with Crippen LogP contribution in [0.1, 0.15) is 48.5 Å². The zero-order valence-corrected chi connectivity index (χ0v) is 12.6. The lowest BCUT2D eigenvalue weighted by atomic mass is 9.93. The van der Waals surface area contributed by atoms with Gasteiger partial charge < -0.3 is 14.7 Å². The van der Waals surface area contributed by atoms with Crippen LogP contribution in [-0.4, -0.2) is 33.8 Å². The summed E-state index contributed by atoms with van der Waals surface area (Å²) in [5.74, 6) is -0.0863. The minimum absolute atomic E-state index is 0.0863. The van der Waals surface area contributed by atoms with Gasteiger partial charge in [0.2, 0.25) is 0 Å². The summed E-state index contributed by atoms with van der Waals surface area (Å²) in [5.41, 5.74) is -0.821. The largest absolute Gasteiger partial charge is 0.418 e. The van der Waals surface area contributed by atoms with Crippen molar-refractivity contribution >= 4 is 6.09 Å². The molecule has 1 N–H and O–H groups in total. The normalized spacial score (nSPS) is 14.3. The van der Waals surface area contributed by atoms with Gasteiger partial charge in [-0.2, -0.15) is 0 Å². The van der Waals surface area contributed by atoms with Gasteiger partial charge in [0.05, 0.1) is 11.9 Å². The lowest BCUT2D eigenvalue weighted by molar-refractivity contribution is 0.0427. The fourth-order valence-corrected chi connectivity index (χ4v) is 1.53. The highest BCUT2D eigenvalue weighted by atomic mass is 16.5. The second kappa shape index (κ2) is 6.78. The maximum absolute atomic E-state index is 11.8. The van der Waals surface area contributed by atoms with Gasteiger partial charge in [0.25, 0.3) is 0 Å². The molecule has 0 aliphatic carbocycles. The van der Waals surface area contributed by atoms with Gasteiger partial charge in [-0.3, -0.25) is 0 Å². The van der Waals surface area contributed by atoms with Crippen LogP contribution in [0.3, 0.4) is 0 Å². The predicted octanol–water partition coefficient (Wildman–Crippen LogP) is 3.16. The molecular formula is C14H27NO3. The smallest absolute Gasteiger partial charge is 0.415 e. The summed E-state index contributed by atoms with van der Waals surface area (Å²) >= 11 is 0. The Morgan fingerprint density at radius 3 is 1.94 bits per heavy atom. The van der Waals surface area contributed by atoms with Gasteiger partial charge in [0.15, 0.2) is 0 Å². The second-order valence-corrected chi connectivity index (χ2v) is 5.75. The van der Waals surface area contributed by atoms with E-state index in [0.29, 0.717) is 0 Å². The van der Waals surface area contributed by atoms with Gasteiger partial charge in [-0.25, -0.2) is 4.79 Å². The van der Waals surface area contributed by atoms with Crippen LogP contribution in [0, 0.1) is 5.92 Å². The van der Waals surface area contributed by atoms with Crippen molar-refractivity contribution in [3.63, 3.8) is 0 Å². The molecule has 0 radical (unpaired) electrons. The van der Waals surface area contributed by atoms with Crippen LogP contribution in [-0.2, 0) is 4.74 Å². The van der Waals surface area contributed by atoms with Crippen LogP contribution in [0.25, 0.3) is 0 Å². The molecule has 1 atom stereocenters. The molecule has 0 unspecified atom stereocenters. The number of rotatable bonds is 5. The lowest BCUT2D eigenvalue weighted by Gasteiger charge is -2.29. The zero-order valence-electron chi connectivity index (χ0n) is 12.6. The minimum Gasteiger partial charge on any atom is -0.418 e. The lowest BCUT2D eigenvalue weighted by Crippen LogP contribution is -2.41. The Morgan fingerprint density at radius 2 is 1.61 bits per heavy atom. The highest BCUT2D eigenvalue weighted by Crippen LogP contribution is 2.17. The minimum atomic E-state index is -0.821. The quantitative estimate of drug-likeness (QED) is 0.770.